The zero-order valence-corrected chi connectivity index (χ0v) is 20.2. The van der Waals surface area contributed by atoms with Gasteiger partial charge in [-0.15, -0.1) is 0 Å². The van der Waals surface area contributed by atoms with Crippen molar-refractivity contribution in [1.29, 1.82) is 0 Å². The van der Waals surface area contributed by atoms with Crippen molar-refractivity contribution in [1.82, 2.24) is 30.6 Å². The third-order valence-electron chi connectivity index (χ3n) is 4.69. The zero-order valence-electron chi connectivity index (χ0n) is 20.2. The fraction of sp³-hybridized carbons (Fsp3) is 0.348. The van der Waals surface area contributed by atoms with Crippen LogP contribution in [0.25, 0.3) is 11.2 Å². The maximum atomic E-state index is 12.2. The van der Waals surface area contributed by atoms with Gasteiger partial charge in [0.05, 0.1) is 18.4 Å². The number of benzene rings is 1. The Morgan fingerprint density at radius 3 is 2.44 bits per heavy atom. The minimum atomic E-state index is -1.06. The van der Waals surface area contributed by atoms with Crippen molar-refractivity contribution in [3.8, 4) is 0 Å². The number of anilines is 2. The Morgan fingerprint density at radius 2 is 1.89 bits per heavy atom. The van der Waals surface area contributed by atoms with Crippen LogP contribution in [-0.4, -0.2) is 55.4 Å². The van der Waals surface area contributed by atoms with Crippen LogP contribution in [0.1, 0.15) is 49.7 Å². The van der Waals surface area contributed by atoms with Crippen LogP contribution in [0, 0.1) is 0 Å². The predicted octanol–water partition coefficient (Wildman–Crippen LogP) is 1.03. The number of carbonyl (C=O) groups excluding carboxylic acids is 2. The number of nitrogens with zero attached hydrogens (tertiary/aromatic N) is 3. The lowest BCUT2D eigenvalue weighted by molar-refractivity contribution is -0.139. The summed E-state index contributed by atoms with van der Waals surface area (Å²) < 4.78 is 0. The lowest BCUT2D eigenvalue weighted by Crippen LogP contribution is -2.40. The fourth-order valence-corrected chi connectivity index (χ4v) is 2.91. The van der Waals surface area contributed by atoms with Gasteiger partial charge in [-0.25, -0.2) is 14.8 Å². The number of carboxylic acids is 1. The topological polar surface area (TPSA) is 205 Å². The molecule has 0 saturated carbocycles. The van der Waals surface area contributed by atoms with E-state index in [1.165, 1.54) is 6.20 Å². The molecule has 0 spiro atoms. The van der Waals surface area contributed by atoms with Gasteiger partial charge in [0.1, 0.15) is 6.04 Å². The number of aromatic nitrogens is 4. The molecule has 13 heteroatoms. The molecule has 13 nitrogen and oxygen atoms in total. The first-order valence-electron chi connectivity index (χ1n) is 11.2. The number of carboxylic acid groups (broad SMARTS) is 1. The van der Waals surface area contributed by atoms with Crippen molar-refractivity contribution < 1.29 is 19.5 Å². The number of H-pyrrole nitrogens is 1. The molecule has 0 radical (unpaired) electrons. The highest BCUT2D eigenvalue weighted by Crippen LogP contribution is 2.12. The summed E-state index contributed by atoms with van der Waals surface area (Å²) >= 11 is 0. The van der Waals surface area contributed by atoms with E-state index >= 15 is 0 Å². The number of hydrogen-bond donors (Lipinski definition) is 6. The number of fused-ring (bicyclic) bond motifs is 1. The van der Waals surface area contributed by atoms with Gasteiger partial charge in [0.2, 0.25) is 12.4 Å². The number of aromatic amines is 1. The molecule has 2 amide bonds. The second-order valence-corrected chi connectivity index (χ2v) is 8.01. The van der Waals surface area contributed by atoms with Gasteiger partial charge >= 0.3 is 5.97 Å². The average molecular weight is 499 g/mol. The molecule has 2 heterocycles. The minimum Gasteiger partial charge on any atom is -0.480 e. The molecule has 7 N–H and O–H groups in total. The molecule has 3 aromatic rings. The SMILES string of the molecule is CC(C)NC=O.CCC[C@H](NC(=O)c1ccc(NCc2cnc3nc(N)[nH]c(=O)c3n2)cc1)C(=O)O. The van der Waals surface area contributed by atoms with Crippen LogP contribution in [0.5, 0.6) is 0 Å². The Balaban J connectivity index is 0.000000678. The first kappa shape index (κ1) is 27.7. The first-order chi connectivity index (χ1) is 17.1. The smallest absolute Gasteiger partial charge is 0.326 e. The number of nitrogens with one attached hydrogen (secondary N) is 4. The van der Waals surface area contributed by atoms with Crippen LogP contribution in [0.4, 0.5) is 11.6 Å². The number of nitrogen functional groups attached to an aromatic ring is 1. The third-order valence-corrected chi connectivity index (χ3v) is 4.69. The highest BCUT2D eigenvalue weighted by Gasteiger charge is 2.19. The van der Waals surface area contributed by atoms with Gasteiger partial charge in [-0.1, -0.05) is 13.3 Å². The van der Waals surface area contributed by atoms with Gasteiger partial charge in [0, 0.05) is 17.3 Å². The van der Waals surface area contributed by atoms with E-state index in [1.54, 1.807) is 24.3 Å². The van der Waals surface area contributed by atoms with E-state index in [-0.39, 0.29) is 29.7 Å². The molecule has 0 unspecified atom stereocenters. The van der Waals surface area contributed by atoms with E-state index in [2.05, 4.69) is 35.9 Å². The molecule has 1 aromatic carbocycles. The number of amides is 2. The maximum Gasteiger partial charge on any atom is 0.326 e. The second kappa shape index (κ2) is 13.4. The molecule has 2 aromatic heterocycles. The molecule has 0 aliphatic heterocycles. The predicted molar refractivity (Wildman–Crippen MR) is 134 cm³/mol. The number of nitrogens with two attached hydrogens (primary N) is 1. The normalized spacial score (nSPS) is 11.2. The van der Waals surface area contributed by atoms with Crippen LogP contribution in [0.15, 0.2) is 35.3 Å². The molecule has 3 rings (SSSR count). The highest BCUT2D eigenvalue weighted by atomic mass is 16.4. The Bertz CT molecular complexity index is 1240. The van der Waals surface area contributed by atoms with Crippen molar-refractivity contribution in [3.63, 3.8) is 0 Å². The minimum absolute atomic E-state index is 0.0267. The Kier molecular flexibility index (Phi) is 10.3. The molecule has 1 atom stereocenters. The van der Waals surface area contributed by atoms with E-state index < -0.39 is 23.5 Å². The number of carbonyl (C=O) groups is 3. The Labute approximate surface area is 206 Å². The number of aliphatic carboxylic acids is 1. The lowest BCUT2D eigenvalue weighted by atomic mass is 10.1. The third kappa shape index (κ3) is 8.34. The molecule has 0 saturated heterocycles. The fourth-order valence-electron chi connectivity index (χ4n) is 2.91. The quantitative estimate of drug-likeness (QED) is 0.219. The van der Waals surface area contributed by atoms with E-state index in [1.807, 2.05) is 20.8 Å². The van der Waals surface area contributed by atoms with Crippen LogP contribution >= 0.6 is 0 Å². The van der Waals surface area contributed by atoms with Gasteiger partial charge in [0.25, 0.3) is 11.5 Å². The summed E-state index contributed by atoms with van der Waals surface area (Å²) in [6, 6.07) is 5.92. The maximum absolute atomic E-state index is 12.2. The van der Waals surface area contributed by atoms with Crippen LogP contribution in [0.3, 0.4) is 0 Å². The van der Waals surface area contributed by atoms with E-state index in [4.69, 9.17) is 10.8 Å². The Morgan fingerprint density at radius 1 is 1.19 bits per heavy atom. The second-order valence-electron chi connectivity index (χ2n) is 8.01. The lowest BCUT2D eigenvalue weighted by Gasteiger charge is -2.14. The molecule has 0 aliphatic carbocycles. The standard InChI is InChI=1S/C19H21N7O4.C4H9NO/c1-2-3-13(18(29)30)24-16(27)10-4-6-11(7-5-10)21-8-12-9-22-15-14(23-12)17(28)26-19(20)25-15;1-4(2)5-3-6/h4-7,9,13,21H,2-3,8H2,1H3,(H,24,27)(H,29,30)(H3,20,22,25,26,28);3-4H,1-2H3,(H,5,6)/t13-;/m0./s1. The monoisotopic (exact) mass is 498 g/mol. The van der Waals surface area contributed by atoms with Crippen molar-refractivity contribution in [2.75, 3.05) is 11.1 Å². The number of hydrogen-bond acceptors (Lipinski definition) is 9. The van der Waals surface area contributed by atoms with Crippen molar-refractivity contribution in [3.05, 3.63) is 52.1 Å². The number of rotatable bonds is 10. The summed E-state index contributed by atoms with van der Waals surface area (Å²) in [6.45, 7) is 5.96. The van der Waals surface area contributed by atoms with E-state index in [0.717, 1.165) is 0 Å². The summed E-state index contributed by atoms with van der Waals surface area (Å²) in [5.41, 5.74) is 6.85. The van der Waals surface area contributed by atoms with Crippen LogP contribution < -0.4 is 27.2 Å². The first-order valence-corrected chi connectivity index (χ1v) is 11.2. The molecule has 0 fully saturated rings. The van der Waals surface area contributed by atoms with Crippen molar-refractivity contribution in [2.24, 2.45) is 0 Å². The Hall–Kier alpha value is -4.55. The van der Waals surface area contributed by atoms with Crippen molar-refractivity contribution in [2.45, 2.75) is 52.2 Å². The average Bonchev–Trinajstić information content (AvgIpc) is 2.83. The van der Waals surface area contributed by atoms with Gasteiger partial charge in [-0.3, -0.25) is 19.4 Å². The zero-order chi connectivity index (χ0) is 26.7. The molecule has 192 valence electrons. The van der Waals surface area contributed by atoms with E-state index in [0.29, 0.717) is 36.2 Å². The molecular formula is C23H30N8O5. The molecule has 0 aliphatic rings. The summed E-state index contributed by atoms with van der Waals surface area (Å²) in [6.07, 6.45) is 3.19. The van der Waals surface area contributed by atoms with Gasteiger partial charge in [0.15, 0.2) is 11.2 Å². The van der Waals surface area contributed by atoms with Gasteiger partial charge < -0.3 is 26.8 Å². The van der Waals surface area contributed by atoms with Crippen LogP contribution in [-0.2, 0) is 16.1 Å². The summed E-state index contributed by atoms with van der Waals surface area (Å²) in [5.74, 6) is -1.54. The largest absolute Gasteiger partial charge is 0.480 e. The van der Waals surface area contributed by atoms with Gasteiger partial charge in [-0.2, -0.15) is 4.98 Å². The highest BCUT2D eigenvalue weighted by molar-refractivity contribution is 5.96. The van der Waals surface area contributed by atoms with Crippen molar-refractivity contribution >= 4 is 41.1 Å². The summed E-state index contributed by atoms with van der Waals surface area (Å²) in [7, 11) is 0. The molecule has 0 bridgehead atoms. The van der Waals surface area contributed by atoms with Gasteiger partial charge in [-0.05, 0) is 44.5 Å². The summed E-state index contributed by atoms with van der Waals surface area (Å²) in [5, 5.41) is 17.3. The molecular weight excluding hydrogens is 468 g/mol. The van der Waals surface area contributed by atoms with Crippen LogP contribution in [0.2, 0.25) is 0 Å². The molecule has 36 heavy (non-hydrogen) atoms. The summed E-state index contributed by atoms with van der Waals surface area (Å²) in [4.78, 5) is 59.5. The van der Waals surface area contributed by atoms with E-state index in [9.17, 15) is 19.2 Å².